The summed E-state index contributed by atoms with van der Waals surface area (Å²) in [5, 5.41) is 3.24. The monoisotopic (exact) mass is 175 g/mol. The van der Waals surface area contributed by atoms with Crippen molar-refractivity contribution in [1.29, 1.82) is 0 Å². The van der Waals surface area contributed by atoms with Crippen LogP contribution in [-0.2, 0) is 0 Å². The third kappa shape index (κ3) is 9.81. The second-order valence-electron chi connectivity index (χ2n) is 2.77. The predicted molar refractivity (Wildman–Crippen MR) is 52.8 cm³/mol. The van der Waals surface area contributed by atoms with Crippen LogP contribution in [0.5, 0.6) is 0 Å². The van der Waals surface area contributed by atoms with Gasteiger partial charge in [0.05, 0.1) is 4.99 Å². The number of hydrogen-bond acceptors (Lipinski definition) is 3. The summed E-state index contributed by atoms with van der Waals surface area (Å²) in [4.78, 5) is 2.72. The Morgan fingerprint density at radius 2 is 2.09 bits per heavy atom. The van der Waals surface area contributed by atoms with Crippen molar-refractivity contribution in [2.24, 2.45) is 5.73 Å². The normalized spacial score (nSPS) is 10.5. The Bertz CT molecular complexity index is 114. The largest absolute Gasteiger partial charge is 0.393 e. The first-order chi connectivity index (χ1) is 5.13. The maximum atomic E-state index is 5.32. The van der Waals surface area contributed by atoms with Gasteiger partial charge < -0.3 is 16.0 Å². The second kappa shape index (κ2) is 6.52. The highest BCUT2D eigenvalue weighted by atomic mass is 32.1. The van der Waals surface area contributed by atoms with Gasteiger partial charge in [-0.15, -0.1) is 0 Å². The molecule has 0 saturated carbocycles. The minimum Gasteiger partial charge on any atom is -0.393 e. The van der Waals surface area contributed by atoms with Crippen molar-refractivity contribution < 1.29 is 0 Å². The number of thiocarbonyl (C=S) groups is 1. The van der Waals surface area contributed by atoms with Gasteiger partial charge in [0.15, 0.2) is 0 Å². The van der Waals surface area contributed by atoms with Crippen LogP contribution in [0, 0.1) is 0 Å². The van der Waals surface area contributed by atoms with Crippen LogP contribution in [0.1, 0.15) is 6.42 Å². The molecule has 11 heavy (non-hydrogen) atoms. The van der Waals surface area contributed by atoms with Crippen molar-refractivity contribution in [3.05, 3.63) is 0 Å². The molecule has 0 heterocycles. The third-order valence-electron chi connectivity index (χ3n) is 1.28. The average molecular weight is 175 g/mol. The molecule has 0 aliphatic carbocycles. The summed E-state index contributed by atoms with van der Waals surface area (Å²) in [6, 6.07) is 0. The summed E-state index contributed by atoms with van der Waals surface area (Å²) in [7, 11) is 4.10. The molecular weight excluding hydrogens is 158 g/mol. The van der Waals surface area contributed by atoms with E-state index in [2.05, 4.69) is 24.3 Å². The lowest BCUT2D eigenvalue weighted by Gasteiger charge is -2.09. The molecule has 0 atom stereocenters. The van der Waals surface area contributed by atoms with Crippen LogP contribution in [-0.4, -0.2) is 43.6 Å². The maximum Gasteiger partial charge on any atom is 0.0740 e. The number of nitrogens with zero attached hydrogens (tertiary/aromatic N) is 1. The second-order valence-corrected chi connectivity index (χ2v) is 3.29. The first-order valence-electron chi connectivity index (χ1n) is 3.76. The molecule has 0 radical (unpaired) electrons. The highest BCUT2D eigenvalue weighted by molar-refractivity contribution is 7.80. The van der Waals surface area contributed by atoms with Gasteiger partial charge in [-0.1, -0.05) is 12.2 Å². The van der Waals surface area contributed by atoms with Gasteiger partial charge >= 0.3 is 0 Å². The molecule has 0 fully saturated rings. The van der Waals surface area contributed by atoms with Crippen LogP contribution in [0.2, 0.25) is 0 Å². The zero-order valence-corrected chi connectivity index (χ0v) is 8.08. The van der Waals surface area contributed by atoms with Crippen molar-refractivity contribution >= 4 is 17.2 Å². The van der Waals surface area contributed by atoms with Crippen molar-refractivity contribution in [2.75, 3.05) is 33.7 Å². The van der Waals surface area contributed by atoms with E-state index >= 15 is 0 Å². The summed E-state index contributed by atoms with van der Waals surface area (Å²) in [5.74, 6) is 0. The molecule has 0 aromatic carbocycles. The first kappa shape index (κ1) is 10.8. The van der Waals surface area contributed by atoms with Crippen LogP contribution in [0.4, 0.5) is 0 Å². The smallest absolute Gasteiger partial charge is 0.0740 e. The van der Waals surface area contributed by atoms with E-state index in [1.807, 2.05) is 0 Å². The van der Waals surface area contributed by atoms with Crippen LogP contribution >= 0.6 is 12.2 Å². The van der Waals surface area contributed by atoms with E-state index in [0.717, 1.165) is 26.1 Å². The van der Waals surface area contributed by atoms with E-state index in [-0.39, 0.29) is 0 Å². The molecule has 0 rings (SSSR count). The summed E-state index contributed by atoms with van der Waals surface area (Å²) < 4.78 is 0. The SMILES string of the molecule is CN(C)CCNCCC(N)=S. The zero-order chi connectivity index (χ0) is 8.69. The van der Waals surface area contributed by atoms with Gasteiger partial charge in [-0.2, -0.15) is 0 Å². The lowest BCUT2D eigenvalue weighted by Crippen LogP contribution is -2.28. The van der Waals surface area contributed by atoms with Gasteiger partial charge in [0.25, 0.3) is 0 Å². The summed E-state index contributed by atoms with van der Waals surface area (Å²) in [5.41, 5.74) is 5.32. The molecule has 66 valence electrons. The number of likely N-dealkylation sites (N-methyl/N-ethyl adjacent to an activating group) is 1. The predicted octanol–water partition coefficient (Wildman–Crippen LogP) is -0.186. The molecule has 0 aliphatic rings. The van der Waals surface area contributed by atoms with Gasteiger partial charge in [0.1, 0.15) is 0 Å². The van der Waals surface area contributed by atoms with E-state index in [1.54, 1.807) is 0 Å². The fourth-order valence-electron chi connectivity index (χ4n) is 0.639. The molecule has 4 heteroatoms. The van der Waals surface area contributed by atoms with E-state index in [9.17, 15) is 0 Å². The standard InChI is InChI=1S/C7H17N3S/c1-10(2)6-5-9-4-3-7(8)11/h9H,3-6H2,1-2H3,(H2,8,11). The van der Waals surface area contributed by atoms with Crippen molar-refractivity contribution in [3.63, 3.8) is 0 Å². The molecule has 0 aromatic heterocycles. The van der Waals surface area contributed by atoms with Crippen molar-refractivity contribution in [1.82, 2.24) is 10.2 Å². The molecule has 0 amide bonds. The fourth-order valence-corrected chi connectivity index (χ4v) is 0.741. The van der Waals surface area contributed by atoms with Gasteiger partial charge in [0.2, 0.25) is 0 Å². The Kier molecular flexibility index (Phi) is 6.40. The number of nitrogens with two attached hydrogens (primary N) is 1. The molecule has 3 nitrogen and oxygen atoms in total. The number of nitrogens with one attached hydrogen (secondary N) is 1. The molecule has 0 bridgehead atoms. The first-order valence-corrected chi connectivity index (χ1v) is 4.17. The Morgan fingerprint density at radius 1 is 1.45 bits per heavy atom. The van der Waals surface area contributed by atoms with E-state index in [4.69, 9.17) is 18.0 Å². The van der Waals surface area contributed by atoms with Crippen LogP contribution < -0.4 is 11.1 Å². The molecule has 3 N–H and O–H groups in total. The van der Waals surface area contributed by atoms with E-state index < -0.39 is 0 Å². The molecular formula is C7H17N3S. The van der Waals surface area contributed by atoms with Gasteiger partial charge in [-0.05, 0) is 14.1 Å². The topological polar surface area (TPSA) is 41.3 Å². The molecule has 0 unspecified atom stereocenters. The van der Waals surface area contributed by atoms with Crippen LogP contribution in [0.15, 0.2) is 0 Å². The Balaban J connectivity index is 2.97. The van der Waals surface area contributed by atoms with Crippen LogP contribution in [0.25, 0.3) is 0 Å². The zero-order valence-electron chi connectivity index (χ0n) is 7.26. The quantitative estimate of drug-likeness (QED) is 0.434. The molecule has 0 saturated heterocycles. The average Bonchev–Trinajstić information content (AvgIpc) is 1.85. The van der Waals surface area contributed by atoms with E-state index in [1.165, 1.54) is 0 Å². The molecule has 0 spiro atoms. The Morgan fingerprint density at radius 3 is 2.55 bits per heavy atom. The number of hydrogen-bond donors (Lipinski definition) is 2. The van der Waals surface area contributed by atoms with Crippen LogP contribution in [0.3, 0.4) is 0 Å². The summed E-state index contributed by atoms with van der Waals surface area (Å²) in [6.45, 7) is 2.94. The van der Waals surface area contributed by atoms with Gasteiger partial charge in [-0.25, -0.2) is 0 Å². The minimum absolute atomic E-state index is 0.586. The van der Waals surface area contributed by atoms with E-state index in [0.29, 0.717) is 4.99 Å². The lowest BCUT2D eigenvalue weighted by molar-refractivity contribution is 0.402. The van der Waals surface area contributed by atoms with Crippen molar-refractivity contribution in [3.8, 4) is 0 Å². The van der Waals surface area contributed by atoms with Crippen molar-refractivity contribution in [2.45, 2.75) is 6.42 Å². The summed E-state index contributed by atoms with van der Waals surface area (Å²) in [6.07, 6.45) is 0.794. The Hall–Kier alpha value is -0.190. The summed E-state index contributed by atoms with van der Waals surface area (Å²) >= 11 is 4.72. The molecule has 0 aromatic rings. The van der Waals surface area contributed by atoms with Gasteiger partial charge in [-0.3, -0.25) is 0 Å². The lowest BCUT2D eigenvalue weighted by atomic mass is 10.4. The molecule has 0 aliphatic heterocycles. The van der Waals surface area contributed by atoms with Gasteiger partial charge in [0, 0.05) is 26.1 Å². The maximum absolute atomic E-state index is 5.32. The third-order valence-corrected chi connectivity index (χ3v) is 1.49. The number of rotatable bonds is 6. The fraction of sp³-hybridized carbons (Fsp3) is 0.857. The highest BCUT2D eigenvalue weighted by Crippen LogP contribution is 1.76. The minimum atomic E-state index is 0.586. The Labute approximate surface area is 73.9 Å². The highest BCUT2D eigenvalue weighted by Gasteiger charge is 1.90.